The van der Waals surface area contributed by atoms with E-state index in [-0.39, 0.29) is 5.92 Å². The van der Waals surface area contributed by atoms with E-state index in [1.54, 1.807) is 7.05 Å². The van der Waals surface area contributed by atoms with E-state index in [0.717, 1.165) is 18.7 Å². The normalized spacial score (nSPS) is 30.2. The fraction of sp³-hybridized carbons (Fsp3) is 0.800. The zero-order valence-corrected chi connectivity index (χ0v) is 9.55. The lowest BCUT2D eigenvalue weighted by molar-refractivity contribution is -0.150. The molecule has 1 aromatic heterocycles. The summed E-state index contributed by atoms with van der Waals surface area (Å²) >= 11 is 0. The molecular formula is C10H16N4O2. The van der Waals surface area contributed by atoms with Crippen molar-refractivity contribution in [2.24, 2.45) is 12.5 Å². The molecule has 0 aliphatic heterocycles. The predicted molar refractivity (Wildman–Crippen MR) is 55.7 cm³/mol. The fourth-order valence-electron chi connectivity index (χ4n) is 2.19. The second-order valence-corrected chi connectivity index (χ2v) is 4.78. The smallest absolute Gasteiger partial charge is 0.309 e. The minimum Gasteiger partial charge on any atom is -0.481 e. The van der Waals surface area contributed by atoms with Gasteiger partial charge in [0.15, 0.2) is 5.82 Å². The molecule has 0 spiro atoms. The van der Waals surface area contributed by atoms with Gasteiger partial charge in [-0.2, -0.15) is 4.80 Å². The highest BCUT2D eigenvalue weighted by molar-refractivity contribution is 5.74. The van der Waals surface area contributed by atoms with Crippen LogP contribution in [0.3, 0.4) is 0 Å². The SMILES string of the molecule is Cn1nnc(C2CCC(C)(C(=O)O)CC2)n1. The molecular weight excluding hydrogens is 208 g/mol. The van der Waals surface area contributed by atoms with E-state index in [1.165, 1.54) is 4.80 Å². The van der Waals surface area contributed by atoms with Gasteiger partial charge in [0, 0.05) is 5.92 Å². The molecule has 1 saturated carbocycles. The standard InChI is InChI=1S/C10H16N4O2/c1-10(9(15)16)5-3-7(4-6-10)8-11-13-14(2)12-8/h7H,3-6H2,1-2H3,(H,15,16). The molecule has 0 saturated heterocycles. The Balaban J connectivity index is 2.03. The summed E-state index contributed by atoms with van der Waals surface area (Å²) in [5, 5.41) is 21.1. The van der Waals surface area contributed by atoms with Crippen LogP contribution in [0.25, 0.3) is 0 Å². The first-order valence-corrected chi connectivity index (χ1v) is 5.48. The number of carboxylic acid groups (broad SMARTS) is 1. The molecule has 88 valence electrons. The first-order valence-electron chi connectivity index (χ1n) is 5.48. The molecule has 0 aromatic carbocycles. The third-order valence-electron chi connectivity index (χ3n) is 3.49. The summed E-state index contributed by atoms with van der Waals surface area (Å²) in [5.74, 6) is 0.314. The minimum atomic E-state index is -0.696. The van der Waals surface area contributed by atoms with Gasteiger partial charge in [0.05, 0.1) is 12.5 Å². The summed E-state index contributed by atoms with van der Waals surface area (Å²) in [6.07, 6.45) is 3.03. The lowest BCUT2D eigenvalue weighted by Gasteiger charge is -2.32. The molecule has 6 nitrogen and oxygen atoms in total. The van der Waals surface area contributed by atoms with Gasteiger partial charge in [0.1, 0.15) is 0 Å². The monoisotopic (exact) mass is 224 g/mol. The van der Waals surface area contributed by atoms with E-state index in [4.69, 9.17) is 5.11 Å². The molecule has 1 aliphatic rings. The zero-order chi connectivity index (χ0) is 11.8. The molecule has 0 bridgehead atoms. The van der Waals surface area contributed by atoms with Crippen molar-refractivity contribution in [2.75, 3.05) is 0 Å². The average molecular weight is 224 g/mol. The number of aryl methyl sites for hydroxylation is 1. The number of hydrogen-bond donors (Lipinski definition) is 1. The van der Waals surface area contributed by atoms with E-state index in [2.05, 4.69) is 15.4 Å². The highest BCUT2D eigenvalue weighted by Crippen LogP contribution is 2.41. The lowest BCUT2D eigenvalue weighted by atomic mass is 9.71. The molecule has 0 amide bonds. The largest absolute Gasteiger partial charge is 0.481 e. The number of hydrogen-bond acceptors (Lipinski definition) is 4. The first-order chi connectivity index (χ1) is 7.51. The molecule has 2 rings (SSSR count). The predicted octanol–water partition coefficient (Wildman–Crippen LogP) is 0.959. The molecule has 0 atom stereocenters. The van der Waals surface area contributed by atoms with Crippen molar-refractivity contribution < 1.29 is 9.90 Å². The van der Waals surface area contributed by atoms with Crippen molar-refractivity contribution in [3.05, 3.63) is 5.82 Å². The molecule has 0 radical (unpaired) electrons. The molecule has 16 heavy (non-hydrogen) atoms. The maximum atomic E-state index is 11.1. The van der Waals surface area contributed by atoms with E-state index >= 15 is 0 Å². The van der Waals surface area contributed by atoms with Gasteiger partial charge in [-0.1, -0.05) is 0 Å². The number of tetrazole rings is 1. The summed E-state index contributed by atoms with van der Waals surface area (Å²) in [6, 6.07) is 0. The van der Waals surface area contributed by atoms with Gasteiger partial charge >= 0.3 is 5.97 Å². The second kappa shape index (κ2) is 3.84. The molecule has 1 heterocycles. The van der Waals surface area contributed by atoms with Crippen LogP contribution in [0.4, 0.5) is 0 Å². The number of carboxylic acids is 1. The maximum absolute atomic E-state index is 11.1. The Morgan fingerprint density at radius 3 is 2.56 bits per heavy atom. The Kier molecular flexibility index (Phi) is 2.65. The van der Waals surface area contributed by atoms with Crippen molar-refractivity contribution >= 4 is 5.97 Å². The number of carbonyl (C=O) groups is 1. The van der Waals surface area contributed by atoms with Crippen molar-refractivity contribution in [3.8, 4) is 0 Å². The molecule has 1 fully saturated rings. The number of aromatic nitrogens is 4. The third-order valence-corrected chi connectivity index (χ3v) is 3.49. The topological polar surface area (TPSA) is 80.9 Å². The number of rotatable bonds is 2. The molecule has 6 heteroatoms. The van der Waals surface area contributed by atoms with Crippen molar-refractivity contribution in [3.63, 3.8) is 0 Å². The first kappa shape index (κ1) is 11.0. The van der Waals surface area contributed by atoms with E-state index in [9.17, 15) is 4.79 Å². The zero-order valence-electron chi connectivity index (χ0n) is 9.55. The van der Waals surface area contributed by atoms with Crippen molar-refractivity contribution in [1.29, 1.82) is 0 Å². The van der Waals surface area contributed by atoms with Crippen LogP contribution in [0.15, 0.2) is 0 Å². The Bertz CT molecular complexity index is 393. The molecule has 1 aromatic rings. The van der Waals surface area contributed by atoms with Crippen LogP contribution in [-0.2, 0) is 11.8 Å². The van der Waals surface area contributed by atoms with Crippen molar-refractivity contribution in [2.45, 2.75) is 38.5 Å². The summed E-state index contributed by atoms with van der Waals surface area (Å²) in [6.45, 7) is 1.82. The van der Waals surface area contributed by atoms with Gasteiger partial charge in [0.25, 0.3) is 0 Å². The number of nitrogens with zero attached hydrogens (tertiary/aromatic N) is 4. The van der Waals surface area contributed by atoms with Crippen LogP contribution in [0, 0.1) is 5.41 Å². The summed E-state index contributed by atoms with van der Waals surface area (Å²) < 4.78 is 0. The Morgan fingerprint density at radius 2 is 2.12 bits per heavy atom. The van der Waals surface area contributed by atoms with Gasteiger partial charge in [0.2, 0.25) is 0 Å². The number of aliphatic carboxylic acids is 1. The maximum Gasteiger partial charge on any atom is 0.309 e. The summed E-state index contributed by atoms with van der Waals surface area (Å²) in [5.41, 5.74) is -0.571. The summed E-state index contributed by atoms with van der Waals surface area (Å²) in [4.78, 5) is 12.5. The van der Waals surface area contributed by atoms with Gasteiger partial charge in [-0.3, -0.25) is 4.79 Å². The third kappa shape index (κ3) is 1.91. The van der Waals surface area contributed by atoms with E-state index < -0.39 is 11.4 Å². The Labute approximate surface area is 93.6 Å². The molecule has 0 unspecified atom stereocenters. The Hall–Kier alpha value is -1.46. The minimum absolute atomic E-state index is 0.265. The van der Waals surface area contributed by atoms with Gasteiger partial charge in [-0.15, -0.1) is 10.2 Å². The van der Waals surface area contributed by atoms with Crippen LogP contribution in [0.1, 0.15) is 44.3 Å². The highest BCUT2D eigenvalue weighted by atomic mass is 16.4. The molecule has 1 N–H and O–H groups in total. The average Bonchev–Trinajstić information content (AvgIpc) is 2.66. The van der Waals surface area contributed by atoms with Crippen LogP contribution < -0.4 is 0 Å². The Morgan fingerprint density at radius 1 is 1.50 bits per heavy atom. The van der Waals surface area contributed by atoms with Gasteiger partial charge in [-0.25, -0.2) is 0 Å². The quantitative estimate of drug-likeness (QED) is 0.809. The van der Waals surface area contributed by atoms with Crippen molar-refractivity contribution in [1.82, 2.24) is 20.2 Å². The lowest BCUT2D eigenvalue weighted by Crippen LogP contribution is -2.32. The fourth-order valence-corrected chi connectivity index (χ4v) is 2.19. The van der Waals surface area contributed by atoms with Crippen LogP contribution in [0.2, 0.25) is 0 Å². The highest BCUT2D eigenvalue weighted by Gasteiger charge is 2.38. The van der Waals surface area contributed by atoms with Gasteiger partial charge in [-0.05, 0) is 37.8 Å². The van der Waals surface area contributed by atoms with E-state index in [1.807, 2.05) is 6.92 Å². The summed E-state index contributed by atoms with van der Waals surface area (Å²) in [7, 11) is 1.74. The van der Waals surface area contributed by atoms with Crippen LogP contribution in [-0.4, -0.2) is 31.3 Å². The van der Waals surface area contributed by atoms with Crippen LogP contribution >= 0.6 is 0 Å². The second-order valence-electron chi connectivity index (χ2n) is 4.78. The van der Waals surface area contributed by atoms with Gasteiger partial charge < -0.3 is 5.11 Å². The van der Waals surface area contributed by atoms with E-state index in [0.29, 0.717) is 12.8 Å². The van der Waals surface area contributed by atoms with Crippen LogP contribution in [0.5, 0.6) is 0 Å². The molecule has 1 aliphatic carbocycles.